The molecule has 0 saturated heterocycles. The summed E-state index contributed by atoms with van der Waals surface area (Å²) in [4.78, 5) is 20.4. The van der Waals surface area contributed by atoms with Crippen molar-refractivity contribution in [3.63, 3.8) is 0 Å². The van der Waals surface area contributed by atoms with Crippen molar-refractivity contribution in [3.05, 3.63) is 82.9 Å². The van der Waals surface area contributed by atoms with Crippen molar-refractivity contribution < 1.29 is 9.53 Å². The number of anilines is 2. The molecular formula is C30H36N4O2. The molecule has 0 radical (unpaired) electrons. The van der Waals surface area contributed by atoms with Gasteiger partial charge in [0.1, 0.15) is 17.0 Å². The van der Waals surface area contributed by atoms with Crippen LogP contribution in [0.5, 0.6) is 11.5 Å². The maximum atomic E-state index is 13.8. The zero-order valence-corrected chi connectivity index (χ0v) is 21.8. The van der Waals surface area contributed by atoms with Crippen LogP contribution in [0.25, 0.3) is 0 Å². The van der Waals surface area contributed by atoms with Crippen molar-refractivity contribution in [1.82, 2.24) is 4.90 Å². The lowest BCUT2D eigenvalue weighted by atomic mass is 9.74. The molecule has 2 aliphatic heterocycles. The van der Waals surface area contributed by atoms with E-state index >= 15 is 0 Å². The Morgan fingerprint density at radius 2 is 1.31 bits per heavy atom. The van der Waals surface area contributed by atoms with Gasteiger partial charge in [0.2, 0.25) is 0 Å². The van der Waals surface area contributed by atoms with Gasteiger partial charge < -0.3 is 25.2 Å². The van der Waals surface area contributed by atoms with E-state index in [9.17, 15) is 4.79 Å². The summed E-state index contributed by atoms with van der Waals surface area (Å²) in [5, 5.41) is 0. The molecule has 0 aromatic heterocycles. The number of benzene rings is 3. The van der Waals surface area contributed by atoms with Crippen LogP contribution in [-0.4, -0.2) is 50.1 Å². The average Bonchev–Trinajstić information content (AvgIpc) is 3.14. The molecule has 1 amide bonds. The summed E-state index contributed by atoms with van der Waals surface area (Å²) in [6.45, 7) is 13.1. The fourth-order valence-corrected chi connectivity index (χ4v) is 6.03. The molecule has 0 bridgehead atoms. The number of fused-ring (bicyclic) bond motifs is 6. The Kier molecular flexibility index (Phi) is 6.39. The number of carbonyl (C=O) groups excluding carboxylic acids is 1. The molecule has 2 aliphatic rings. The van der Waals surface area contributed by atoms with Gasteiger partial charge in [0.05, 0.1) is 0 Å². The van der Waals surface area contributed by atoms with Crippen LogP contribution < -0.4 is 20.3 Å². The van der Waals surface area contributed by atoms with Crippen molar-refractivity contribution >= 4 is 17.3 Å². The van der Waals surface area contributed by atoms with E-state index in [0.717, 1.165) is 71.3 Å². The van der Waals surface area contributed by atoms with Gasteiger partial charge in [0.15, 0.2) is 0 Å². The third-order valence-electron chi connectivity index (χ3n) is 7.74. The first kappa shape index (κ1) is 24.2. The highest BCUT2D eigenvalue weighted by molar-refractivity contribution is 6.02. The standard InChI is InChI=1S/C30H36N4O2/c1-5-32(6-2)21-13-15-25-27(19-21)36-28-20-22(33(7-3)8-4)14-16-26(28)30(25)24-12-10-9-11-23(24)29(35)34(30)18-17-31/h9-16,19-20H,5-8,17-18,31H2,1-4H3. The van der Waals surface area contributed by atoms with Gasteiger partial charge in [-0.25, -0.2) is 0 Å². The number of nitrogens with two attached hydrogens (primary N) is 1. The van der Waals surface area contributed by atoms with Crippen molar-refractivity contribution in [2.45, 2.75) is 33.2 Å². The fraction of sp³-hybridized carbons (Fsp3) is 0.367. The third kappa shape index (κ3) is 3.39. The molecule has 5 rings (SSSR count). The molecule has 2 N–H and O–H groups in total. The molecule has 2 heterocycles. The molecule has 0 aliphatic carbocycles. The summed E-state index contributed by atoms with van der Waals surface area (Å²) >= 11 is 0. The Morgan fingerprint density at radius 3 is 1.81 bits per heavy atom. The lowest BCUT2D eigenvalue weighted by Crippen LogP contribution is -2.49. The average molecular weight is 485 g/mol. The van der Waals surface area contributed by atoms with Gasteiger partial charge in [-0.1, -0.05) is 30.3 Å². The predicted octanol–water partition coefficient (Wildman–Crippen LogP) is 5.19. The van der Waals surface area contributed by atoms with Crippen LogP contribution in [0.15, 0.2) is 60.7 Å². The highest BCUT2D eigenvalue weighted by atomic mass is 16.5. The van der Waals surface area contributed by atoms with Gasteiger partial charge in [-0.2, -0.15) is 0 Å². The molecule has 0 fully saturated rings. The van der Waals surface area contributed by atoms with E-state index in [1.807, 2.05) is 23.1 Å². The number of amides is 1. The number of nitrogens with zero attached hydrogens (tertiary/aromatic N) is 3. The van der Waals surface area contributed by atoms with Gasteiger partial charge in [-0.3, -0.25) is 4.79 Å². The van der Waals surface area contributed by atoms with Gasteiger partial charge in [-0.15, -0.1) is 0 Å². The van der Waals surface area contributed by atoms with Crippen LogP contribution in [0.2, 0.25) is 0 Å². The molecular weight excluding hydrogens is 448 g/mol. The Labute approximate surface area is 214 Å². The molecule has 36 heavy (non-hydrogen) atoms. The molecule has 6 heteroatoms. The minimum atomic E-state index is -0.792. The molecule has 3 aromatic rings. The number of hydrogen-bond donors (Lipinski definition) is 1. The second-order valence-electron chi connectivity index (χ2n) is 9.31. The maximum Gasteiger partial charge on any atom is 0.255 e. The van der Waals surface area contributed by atoms with Gasteiger partial charge in [0.25, 0.3) is 5.91 Å². The quantitative estimate of drug-likeness (QED) is 0.477. The third-order valence-corrected chi connectivity index (χ3v) is 7.74. The van der Waals surface area contributed by atoms with E-state index in [0.29, 0.717) is 13.1 Å². The summed E-state index contributed by atoms with van der Waals surface area (Å²) in [6.07, 6.45) is 0. The van der Waals surface area contributed by atoms with Crippen molar-refractivity contribution in [1.29, 1.82) is 0 Å². The van der Waals surface area contributed by atoms with E-state index in [2.05, 4.69) is 80.0 Å². The summed E-state index contributed by atoms with van der Waals surface area (Å²) in [6, 6.07) is 20.8. The van der Waals surface area contributed by atoms with Gasteiger partial charge >= 0.3 is 0 Å². The van der Waals surface area contributed by atoms with Crippen molar-refractivity contribution in [2.24, 2.45) is 5.73 Å². The highest BCUT2D eigenvalue weighted by Crippen LogP contribution is 2.58. The Bertz CT molecular complexity index is 1220. The minimum absolute atomic E-state index is 0.00971. The zero-order valence-electron chi connectivity index (χ0n) is 21.8. The molecule has 0 unspecified atom stereocenters. The SMILES string of the molecule is CCN(CC)c1ccc2c(c1)Oc1cc(N(CC)CC)ccc1C21c2ccccc2C(=O)N1CCN. The summed E-state index contributed by atoms with van der Waals surface area (Å²) in [7, 11) is 0. The second kappa shape index (κ2) is 9.51. The molecule has 188 valence electrons. The summed E-state index contributed by atoms with van der Waals surface area (Å²) in [5.41, 5.74) is 11.2. The molecule has 0 atom stereocenters. The summed E-state index contributed by atoms with van der Waals surface area (Å²) in [5.74, 6) is 1.58. The Morgan fingerprint density at radius 1 is 0.778 bits per heavy atom. The molecule has 3 aromatic carbocycles. The van der Waals surface area contributed by atoms with Crippen LogP contribution in [0.4, 0.5) is 11.4 Å². The van der Waals surface area contributed by atoms with Crippen molar-refractivity contribution in [2.75, 3.05) is 49.1 Å². The van der Waals surface area contributed by atoms with Crippen LogP contribution in [0.1, 0.15) is 54.7 Å². The van der Waals surface area contributed by atoms with Crippen molar-refractivity contribution in [3.8, 4) is 11.5 Å². The molecule has 6 nitrogen and oxygen atoms in total. The Balaban J connectivity index is 1.82. The first-order valence-electron chi connectivity index (χ1n) is 13.1. The van der Waals surface area contributed by atoms with E-state index in [4.69, 9.17) is 10.5 Å². The topological polar surface area (TPSA) is 62.0 Å². The van der Waals surface area contributed by atoms with Gasteiger partial charge in [0, 0.05) is 79.5 Å². The molecule has 1 spiro atoms. The number of carbonyl (C=O) groups is 1. The zero-order chi connectivity index (χ0) is 25.4. The Hall–Kier alpha value is -3.51. The van der Waals surface area contributed by atoms with Gasteiger partial charge in [-0.05, 0) is 51.5 Å². The van der Waals surface area contributed by atoms with Crippen LogP contribution in [0, 0.1) is 0 Å². The van der Waals surface area contributed by atoms with E-state index in [1.54, 1.807) is 0 Å². The maximum absolute atomic E-state index is 13.8. The molecule has 0 saturated carbocycles. The smallest absolute Gasteiger partial charge is 0.255 e. The number of ether oxygens (including phenoxy) is 1. The normalized spacial score (nSPS) is 14.8. The van der Waals surface area contributed by atoms with Crippen LogP contribution in [-0.2, 0) is 5.54 Å². The first-order valence-corrected chi connectivity index (χ1v) is 13.1. The summed E-state index contributed by atoms with van der Waals surface area (Å²) < 4.78 is 6.68. The minimum Gasteiger partial charge on any atom is -0.456 e. The van der Waals surface area contributed by atoms with E-state index in [-0.39, 0.29) is 5.91 Å². The fourth-order valence-electron chi connectivity index (χ4n) is 6.03. The van der Waals surface area contributed by atoms with Crippen LogP contribution >= 0.6 is 0 Å². The number of rotatable bonds is 8. The monoisotopic (exact) mass is 484 g/mol. The lowest BCUT2D eigenvalue weighted by molar-refractivity contribution is 0.0673. The van der Waals surface area contributed by atoms with E-state index in [1.165, 1.54) is 0 Å². The predicted molar refractivity (Wildman–Crippen MR) is 146 cm³/mol. The lowest BCUT2D eigenvalue weighted by Gasteiger charge is -2.44. The first-order chi connectivity index (χ1) is 17.5. The van der Waals surface area contributed by atoms with E-state index < -0.39 is 5.54 Å². The van der Waals surface area contributed by atoms with Crippen LogP contribution in [0.3, 0.4) is 0 Å². The highest BCUT2D eigenvalue weighted by Gasteiger charge is 2.56. The largest absolute Gasteiger partial charge is 0.456 e. The second-order valence-corrected chi connectivity index (χ2v) is 9.31. The number of hydrogen-bond acceptors (Lipinski definition) is 5.